The van der Waals surface area contributed by atoms with Gasteiger partial charge in [0.2, 0.25) is 5.91 Å². The molecule has 1 N–H and O–H groups in total. The molecule has 0 bridgehead atoms. The van der Waals surface area contributed by atoms with Gasteiger partial charge >= 0.3 is 0 Å². The van der Waals surface area contributed by atoms with Crippen LogP contribution in [0.5, 0.6) is 0 Å². The minimum absolute atomic E-state index is 0.158. The van der Waals surface area contributed by atoms with Gasteiger partial charge in [0, 0.05) is 0 Å². The van der Waals surface area contributed by atoms with E-state index in [4.69, 9.17) is 5.26 Å². The summed E-state index contributed by atoms with van der Waals surface area (Å²) in [7, 11) is 3.71. The zero-order valence-corrected chi connectivity index (χ0v) is 12.1. The van der Waals surface area contributed by atoms with Crippen molar-refractivity contribution in [1.82, 2.24) is 4.90 Å². The fourth-order valence-electron chi connectivity index (χ4n) is 2.21. The molecular weight excluding hydrogens is 262 g/mol. The summed E-state index contributed by atoms with van der Waals surface area (Å²) in [5.74, 6) is -0.158. The minimum Gasteiger partial charge on any atom is -0.323 e. The molecule has 0 heterocycles. The van der Waals surface area contributed by atoms with E-state index in [0.29, 0.717) is 11.3 Å². The van der Waals surface area contributed by atoms with E-state index >= 15 is 0 Å². The molecule has 0 saturated heterocycles. The number of nitrogens with zero attached hydrogens (tertiary/aromatic N) is 2. The van der Waals surface area contributed by atoms with Crippen LogP contribution in [0.1, 0.15) is 17.2 Å². The molecule has 0 aliphatic heterocycles. The SMILES string of the molecule is CN(C)C(C(=O)Nc1ccccc1C#N)c1ccccc1. The molecule has 4 heteroatoms. The lowest BCUT2D eigenvalue weighted by molar-refractivity contribution is -0.120. The highest BCUT2D eigenvalue weighted by Gasteiger charge is 2.23. The quantitative estimate of drug-likeness (QED) is 0.936. The Morgan fingerprint density at radius 3 is 2.33 bits per heavy atom. The zero-order valence-electron chi connectivity index (χ0n) is 12.1. The summed E-state index contributed by atoms with van der Waals surface area (Å²) in [5, 5.41) is 11.9. The molecule has 2 aromatic carbocycles. The highest BCUT2D eigenvalue weighted by Crippen LogP contribution is 2.21. The first-order valence-electron chi connectivity index (χ1n) is 6.65. The molecule has 2 aromatic rings. The summed E-state index contributed by atoms with van der Waals surface area (Å²) in [6.07, 6.45) is 0. The molecule has 0 aliphatic carbocycles. The maximum atomic E-state index is 12.6. The van der Waals surface area contributed by atoms with Crippen LogP contribution in [0.15, 0.2) is 54.6 Å². The number of para-hydroxylation sites is 1. The van der Waals surface area contributed by atoms with Crippen LogP contribution in [0.2, 0.25) is 0 Å². The molecular formula is C17H17N3O. The van der Waals surface area contributed by atoms with Crippen molar-refractivity contribution < 1.29 is 4.79 Å². The molecule has 0 radical (unpaired) electrons. The Balaban J connectivity index is 2.27. The summed E-state index contributed by atoms with van der Waals surface area (Å²) in [5.41, 5.74) is 1.90. The summed E-state index contributed by atoms with van der Waals surface area (Å²) >= 11 is 0. The van der Waals surface area contributed by atoms with Gasteiger partial charge < -0.3 is 5.32 Å². The molecule has 21 heavy (non-hydrogen) atoms. The number of hydrogen-bond donors (Lipinski definition) is 1. The number of nitrogens with one attached hydrogen (secondary N) is 1. The average molecular weight is 279 g/mol. The van der Waals surface area contributed by atoms with Crippen LogP contribution in [-0.4, -0.2) is 24.9 Å². The average Bonchev–Trinajstić information content (AvgIpc) is 2.48. The lowest BCUT2D eigenvalue weighted by atomic mass is 10.0. The first-order chi connectivity index (χ1) is 10.1. The highest BCUT2D eigenvalue weighted by molar-refractivity contribution is 5.96. The topological polar surface area (TPSA) is 56.1 Å². The molecule has 2 rings (SSSR count). The molecule has 1 atom stereocenters. The summed E-state index contributed by atoms with van der Waals surface area (Å²) in [6.45, 7) is 0. The second-order valence-electron chi connectivity index (χ2n) is 4.92. The van der Waals surface area contributed by atoms with Crippen molar-refractivity contribution in [1.29, 1.82) is 5.26 Å². The van der Waals surface area contributed by atoms with Crippen LogP contribution >= 0.6 is 0 Å². The molecule has 0 spiro atoms. The Morgan fingerprint density at radius 2 is 1.71 bits per heavy atom. The van der Waals surface area contributed by atoms with Crippen molar-refractivity contribution in [2.24, 2.45) is 0 Å². The third kappa shape index (κ3) is 3.47. The van der Waals surface area contributed by atoms with Crippen LogP contribution < -0.4 is 5.32 Å². The third-order valence-electron chi connectivity index (χ3n) is 3.19. The standard InChI is InChI=1S/C17H17N3O/c1-20(2)16(13-8-4-3-5-9-13)17(21)19-15-11-7-6-10-14(15)12-18/h3-11,16H,1-2H3,(H,19,21). The minimum atomic E-state index is -0.405. The number of nitriles is 1. The van der Waals surface area contributed by atoms with Gasteiger partial charge in [0.25, 0.3) is 0 Å². The van der Waals surface area contributed by atoms with Crippen LogP contribution in [-0.2, 0) is 4.79 Å². The van der Waals surface area contributed by atoms with E-state index in [1.54, 1.807) is 24.3 Å². The van der Waals surface area contributed by atoms with E-state index in [1.807, 2.05) is 49.3 Å². The number of rotatable bonds is 4. The number of likely N-dealkylation sites (N-methyl/N-ethyl adjacent to an activating group) is 1. The van der Waals surface area contributed by atoms with Crippen LogP contribution in [0.4, 0.5) is 5.69 Å². The van der Waals surface area contributed by atoms with Gasteiger partial charge in [-0.05, 0) is 31.8 Å². The van der Waals surface area contributed by atoms with Gasteiger partial charge in [-0.25, -0.2) is 0 Å². The number of hydrogen-bond acceptors (Lipinski definition) is 3. The first kappa shape index (κ1) is 14.8. The van der Waals surface area contributed by atoms with Crippen molar-refractivity contribution in [3.05, 3.63) is 65.7 Å². The maximum Gasteiger partial charge on any atom is 0.246 e. The molecule has 0 fully saturated rings. The Morgan fingerprint density at radius 1 is 1.10 bits per heavy atom. The predicted octanol–water partition coefficient (Wildman–Crippen LogP) is 2.80. The monoisotopic (exact) mass is 279 g/mol. The van der Waals surface area contributed by atoms with Crippen LogP contribution in [0.3, 0.4) is 0 Å². The Labute approximate surface area is 124 Å². The number of benzene rings is 2. The van der Waals surface area contributed by atoms with Crippen LogP contribution in [0.25, 0.3) is 0 Å². The molecule has 106 valence electrons. The van der Waals surface area contributed by atoms with Gasteiger partial charge in [0.15, 0.2) is 0 Å². The second kappa shape index (κ2) is 6.69. The Kier molecular flexibility index (Phi) is 4.70. The van der Waals surface area contributed by atoms with Gasteiger partial charge in [-0.1, -0.05) is 42.5 Å². The largest absolute Gasteiger partial charge is 0.323 e. The zero-order chi connectivity index (χ0) is 15.2. The summed E-state index contributed by atoms with van der Waals surface area (Å²) < 4.78 is 0. The first-order valence-corrected chi connectivity index (χ1v) is 6.65. The Bertz CT molecular complexity index is 659. The second-order valence-corrected chi connectivity index (χ2v) is 4.92. The molecule has 0 aromatic heterocycles. The highest BCUT2D eigenvalue weighted by atomic mass is 16.2. The molecule has 1 amide bonds. The van der Waals surface area contributed by atoms with Crippen molar-refractivity contribution in [2.75, 3.05) is 19.4 Å². The van der Waals surface area contributed by atoms with Crippen molar-refractivity contribution >= 4 is 11.6 Å². The molecule has 1 unspecified atom stereocenters. The van der Waals surface area contributed by atoms with E-state index in [9.17, 15) is 4.79 Å². The summed E-state index contributed by atoms with van der Waals surface area (Å²) in [6, 6.07) is 18.2. The van der Waals surface area contributed by atoms with Gasteiger partial charge in [0.1, 0.15) is 12.1 Å². The normalized spacial score (nSPS) is 11.7. The lowest BCUT2D eigenvalue weighted by Gasteiger charge is -2.24. The molecule has 0 saturated carbocycles. The van der Waals surface area contributed by atoms with Crippen molar-refractivity contribution in [3.8, 4) is 6.07 Å². The Hall–Kier alpha value is -2.64. The lowest BCUT2D eigenvalue weighted by Crippen LogP contribution is -2.32. The van der Waals surface area contributed by atoms with E-state index in [0.717, 1.165) is 5.56 Å². The van der Waals surface area contributed by atoms with E-state index in [1.165, 1.54) is 0 Å². The molecule has 4 nitrogen and oxygen atoms in total. The van der Waals surface area contributed by atoms with E-state index in [-0.39, 0.29) is 5.91 Å². The van der Waals surface area contributed by atoms with E-state index in [2.05, 4.69) is 11.4 Å². The van der Waals surface area contributed by atoms with Crippen molar-refractivity contribution in [3.63, 3.8) is 0 Å². The van der Waals surface area contributed by atoms with Crippen molar-refractivity contribution in [2.45, 2.75) is 6.04 Å². The van der Waals surface area contributed by atoms with Gasteiger partial charge in [-0.2, -0.15) is 5.26 Å². The van der Waals surface area contributed by atoms with E-state index < -0.39 is 6.04 Å². The summed E-state index contributed by atoms with van der Waals surface area (Å²) in [4.78, 5) is 14.4. The van der Waals surface area contributed by atoms with Gasteiger partial charge in [0.05, 0.1) is 11.3 Å². The van der Waals surface area contributed by atoms with Crippen LogP contribution in [0, 0.1) is 11.3 Å². The molecule has 0 aliphatic rings. The fourth-order valence-corrected chi connectivity index (χ4v) is 2.21. The smallest absolute Gasteiger partial charge is 0.246 e. The number of anilines is 1. The maximum absolute atomic E-state index is 12.6. The van der Waals surface area contributed by atoms with Gasteiger partial charge in [-0.3, -0.25) is 9.69 Å². The number of carbonyl (C=O) groups excluding carboxylic acids is 1. The fraction of sp³-hybridized carbons (Fsp3) is 0.176. The van der Waals surface area contributed by atoms with Gasteiger partial charge in [-0.15, -0.1) is 0 Å². The predicted molar refractivity (Wildman–Crippen MR) is 82.7 cm³/mol. The number of amides is 1. The third-order valence-corrected chi connectivity index (χ3v) is 3.19. The number of carbonyl (C=O) groups is 1.